The van der Waals surface area contributed by atoms with Crippen molar-refractivity contribution in [3.8, 4) is 0 Å². The Hall–Kier alpha value is -1.29. The monoisotopic (exact) mass is 289 g/mol. The van der Waals surface area contributed by atoms with Crippen LogP contribution in [0.25, 0.3) is 0 Å². The summed E-state index contributed by atoms with van der Waals surface area (Å²) < 4.78 is 0. The Labute approximate surface area is 127 Å². The lowest BCUT2D eigenvalue weighted by molar-refractivity contribution is -0.125. The number of likely N-dealkylation sites (tertiary alicyclic amines) is 1. The normalized spacial score (nSPS) is 24.3. The van der Waals surface area contributed by atoms with Crippen LogP contribution in [0.5, 0.6) is 0 Å². The molecule has 0 radical (unpaired) electrons. The molecule has 1 atom stereocenters. The van der Waals surface area contributed by atoms with Crippen molar-refractivity contribution in [2.45, 2.75) is 57.5 Å². The van der Waals surface area contributed by atoms with Crippen LogP contribution in [-0.2, 0) is 11.3 Å². The van der Waals surface area contributed by atoms with Crippen LogP contribution in [0.3, 0.4) is 0 Å². The van der Waals surface area contributed by atoms with Crippen LogP contribution in [0.4, 0.5) is 0 Å². The van der Waals surface area contributed by atoms with Crippen molar-refractivity contribution in [2.75, 3.05) is 13.1 Å². The molecular formula is C17H27N3O. The highest BCUT2D eigenvalue weighted by Crippen LogP contribution is 2.23. The van der Waals surface area contributed by atoms with Gasteiger partial charge in [0.15, 0.2) is 0 Å². The van der Waals surface area contributed by atoms with Crippen LogP contribution < -0.4 is 5.32 Å². The van der Waals surface area contributed by atoms with Gasteiger partial charge in [0.1, 0.15) is 0 Å². The number of nitrogens with zero attached hydrogens (tertiary/aromatic N) is 1. The predicted molar refractivity (Wildman–Crippen MR) is 83.8 cm³/mol. The molecule has 1 aliphatic carbocycles. The molecule has 2 aliphatic rings. The molecule has 4 heteroatoms. The molecule has 2 fully saturated rings. The van der Waals surface area contributed by atoms with Crippen molar-refractivity contribution < 1.29 is 4.79 Å². The Morgan fingerprint density at radius 3 is 2.86 bits per heavy atom. The van der Waals surface area contributed by atoms with E-state index < -0.39 is 0 Å². The molecule has 0 bridgehead atoms. The van der Waals surface area contributed by atoms with Crippen molar-refractivity contribution in [1.82, 2.24) is 15.2 Å². The quantitative estimate of drug-likeness (QED) is 0.875. The van der Waals surface area contributed by atoms with E-state index in [4.69, 9.17) is 0 Å². The second kappa shape index (κ2) is 7.12. The van der Waals surface area contributed by atoms with Gasteiger partial charge >= 0.3 is 0 Å². The first kappa shape index (κ1) is 14.6. The largest absolute Gasteiger partial charge is 0.364 e. The number of hydrogen-bond donors (Lipinski definition) is 2. The second-order valence-electron chi connectivity index (χ2n) is 6.57. The second-order valence-corrected chi connectivity index (χ2v) is 6.57. The first-order valence-electron chi connectivity index (χ1n) is 8.47. The zero-order valence-corrected chi connectivity index (χ0v) is 12.8. The first-order valence-corrected chi connectivity index (χ1v) is 8.47. The number of amides is 1. The van der Waals surface area contributed by atoms with Crippen LogP contribution in [0, 0.1) is 5.92 Å². The Bertz CT molecular complexity index is 437. The van der Waals surface area contributed by atoms with Gasteiger partial charge in [-0.1, -0.05) is 19.3 Å². The molecule has 4 nitrogen and oxygen atoms in total. The zero-order valence-electron chi connectivity index (χ0n) is 12.8. The number of aromatic nitrogens is 1. The van der Waals surface area contributed by atoms with Gasteiger partial charge in [-0.25, -0.2) is 0 Å². The number of hydrogen-bond acceptors (Lipinski definition) is 2. The molecule has 21 heavy (non-hydrogen) atoms. The molecule has 116 valence electrons. The van der Waals surface area contributed by atoms with Crippen molar-refractivity contribution in [1.29, 1.82) is 0 Å². The molecule has 1 saturated carbocycles. The maximum absolute atomic E-state index is 12.5. The summed E-state index contributed by atoms with van der Waals surface area (Å²) in [5.41, 5.74) is 1.20. The Morgan fingerprint density at radius 2 is 2.10 bits per heavy atom. The third kappa shape index (κ3) is 3.88. The predicted octanol–water partition coefficient (Wildman–Crippen LogP) is 2.68. The highest BCUT2D eigenvalue weighted by molar-refractivity contribution is 5.82. The van der Waals surface area contributed by atoms with Gasteiger partial charge in [-0.2, -0.15) is 0 Å². The third-order valence-electron chi connectivity index (χ3n) is 4.99. The van der Waals surface area contributed by atoms with Gasteiger partial charge in [-0.05, 0) is 50.3 Å². The van der Waals surface area contributed by atoms with E-state index in [1.165, 1.54) is 37.8 Å². The number of aromatic amines is 1. The summed E-state index contributed by atoms with van der Waals surface area (Å²) >= 11 is 0. The van der Waals surface area contributed by atoms with Gasteiger partial charge in [0, 0.05) is 25.0 Å². The van der Waals surface area contributed by atoms with Gasteiger partial charge in [0.2, 0.25) is 5.91 Å². The highest BCUT2D eigenvalue weighted by atomic mass is 16.2. The van der Waals surface area contributed by atoms with Crippen LogP contribution in [0.1, 0.15) is 50.6 Å². The maximum Gasteiger partial charge on any atom is 0.237 e. The summed E-state index contributed by atoms with van der Waals surface area (Å²) in [5, 5.41) is 3.21. The molecule has 1 amide bonds. The minimum atomic E-state index is 0.0666. The van der Waals surface area contributed by atoms with Crippen LogP contribution in [0.15, 0.2) is 18.3 Å². The number of carbonyl (C=O) groups is 1. The summed E-state index contributed by atoms with van der Waals surface area (Å²) in [5.74, 6) is 0.950. The first-order chi connectivity index (χ1) is 10.3. The fraction of sp³-hybridized carbons (Fsp3) is 0.706. The van der Waals surface area contributed by atoms with E-state index in [2.05, 4.69) is 21.3 Å². The van der Waals surface area contributed by atoms with E-state index in [1.54, 1.807) is 0 Å². The van der Waals surface area contributed by atoms with Crippen molar-refractivity contribution >= 4 is 5.91 Å². The molecule has 0 unspecified atom stereocenters. The average molecular weight is 289 g/mol. The molecule has 1 aliphatic heterocycles. The summed E-state index contributed by atoms with van der Waals surface area (Å²) in [6, 6.07) is 4.18. The Kier molecular flexibility index (Phi) is 4.96. The zero-order chi connectivity index (χ0) is 14.5. The van der Waals surface area contributed by atoms with Crippen molar-refractivity contribution in [3.05, 3.63) is 24.0 Å². The van der Waals surface area contributed by atoms with Gasteiger partial charge in [-0.3, -0.25) is 9.69 Å². The van der Waals surface area contributed by atoms with Crippen LogP contribution >= 0.6 is 0 Å². The summed E-state index contributed by atoms with van der Waals surface area (Å²) in [4.78, 5) is 18.0. The standard InChI is InChI=1S/C17H27N3O/c21-17(19-12-14-6-2-1-3-7-14)16-9-5-11-20(16)13-15-8-4-10-18-15/h4,8,10,14,16,18H,1-3,5-7,9,11-13H2,(H,19,21)/t16-/m0/s1. The van der Waals surface area contributed by atoms with E-state index in [0.717, 1.165) is 32.5 Å². The fourth-order valence-corrected chi connectivity index (χ4v) is 3.75. The van der Waals surface area contributed by atoms with E-state index in [1.807, 2.05) is 12.3 Å². The van der Waals surface area contributed by atoms with E-state index in [-0.39, 0.29) is 11.9 Å². The summed E-state index contributed by atoms with van der Waals surface area (Å²) in [6.07, 6.45) is 10.7. The lowest BCUT2D eigenvalue weighted by Crippen LogP contribution is -2.44. The summed E-state index contributed by atoms with van der Waals surface area (Å²) in [7, 11) is 0. The van der Waals surface area contributed by atoms with Crippen molar-refractivity contribution in [2.24, 2.45) is 5.92 Å². The van der Waals surface area contributed by atoms with Gasteiger partial charge in [-0.15, -0.1) is 0 Å². The molecule has 3 rings (SSSR count). The van der Waals surface area contributed by atoms with Crippen LogP contribution in [-0.4, -0.2) is 34.9 Å². The van der Waals surface area contributed by atoms with E-state index in [0.29, 0.717) is 5.92 Å². The Morgan fingerprint density at radius 1 is 1.24 bits per heavy atom. The minimum absolute atomic E-state index is 0.0666. The molecule has 1 aromatic heterocycles. The molecule has 2 N–H and O–H groups in total. The Balaban J connectivity index is 1.48. The van der Waals surface area contributed by atoms with E-state index >= 15 is 0 Å². The summed E-state index contributed by atoms with van der Waals surface area (Å²) in [6.45, 7) is 2.76. The number of H-pyrrole nitrogens is 1. The maximum atomic E-state index is 12.5. The van der Waals surface area contributed by atoms with Gasteiger partial charge in [0.05, 0.1) is 6.04 Å². The molecular weight excluding hydrogens is 262 g/mol. The molecule has 2 heterocycles. The fourth-order valence-electron chi connectivity index (χ4n) is 3.75. The highest BCUT2D eigenvalue weighted by Gasteiger charge is 2.30. The lowest BCUT2D eigenvalue weighted by Gasteiger charge is -2.26. The smallest absolute Gasteiger partial charge is 0.237 e. The third-order valence-corrected chi connectivity index (χ3v) is 4.99. The molecule has 1 aromatic rings. The topological polar surface area (TPSA) is 48.1 Å². The number of rotatable bonds is 5. The number of carbonyl (C=O) groups excluding carboxylic acids is 1. The molecule has 0 aromatic carbocycles. The van der Waals surface area contributed by atoms with E-state index in [9.17, 15) is 4.79 Å². The molecule has 1 saturated heterocycles. The average Bonchev–Trinajstić information content (AvgIpc) is 3.18. The van der Waals surface area contributed by atoms with Crippen molar-refractivity contribution in [3.63, 3.8) is 0 Å². The van der Waals surface area contributed by atoms with Gasteiger partial charge < -0.3 is 10.3 Å². The van der Waals surface area contributed by atoms with Gasteiger partial charge in [0.25, 0.3) is 0 Å². The SMILES string of the molecule is O=C(NCC1CCCCC1)[C@@H]1CCCN1Cc1ccc[nH]1. The minimum Gasteiger partial charge on any atom is -0.364 e. The molecule has 0 spiro atoms. The van der Waals surface area contributed by atoms with Crippen LogP contribution in [0.2, 0.25) is 0 Å². The lowest BCUT2D eigenvalue weighted by atomic mass is 9.89. The number of nitrogens with one attached hydrogen (secondary N) is 2.